The van der Waals surface area contributed by atoms with Crippen molar-refractivity contribution in [1.29, 1.82) is 0 Å². The average molecular weight is 261 g/mol. The van der Waals surface area contributed by atoms with Crippen molar-refractivity contribution in [1.82, 2.24) is 0 Å². The van der Waals surface area contributed by atoms with E-state index >= 15 is 0 Å². The molecule has 0 saturated heterocycles. The number of halogens is 2. The summed E-state index contributed by atoms with van der Waals surface area (Å²) in [5.41, 5.74) is 1.76. The fourth-order valence-corrected chi connectivity index (χ4v) is 1.74. The normalized spacial score (nSPS) is 13.7. The second kappa shape index (κ2) is 5.45. The molecule has 0 fully saturated rings. The molecule has 1 aromatic carbocycles. The Balaban J connectivity index is 3.00. The van der Waals surface area contributed by atoms with Crippen molar-refractivity contribution in [3.8, 4) is 0 Å². The molecule has 0 aliphatic carbocycles. The molecule has 3 nitrogen and oxygen atoms in total. The third kappa shape index (κ3) is 4.30. The van der Waals surface area contributed by atoms with Crippen LogP contribution in [-0.4, -0.2) is 11.0 Å². The number of hydrogen-bond donors (Lipinski definition) is 1. The molecule has 0 saturated carbocycles. The van der Waals surface area contributed by atoms with Gasteiger partial charge in [0.15, 0.2) is 0 Å². The highest BCUT2D eigenvalue weighted by Gasteiger charge is 2.39. The standard InChI is InChI=1S/C11H11F2O3P/c1-8-5-3-4-6-10(8)9(2)7-11(12,13)16-17(14)15/h3-7H,1-2H3/p+1. The predicted octanol–water partition coefficient (Wildman–Crippen LogP) is 3.66. The molecule has 0 aromatic heterocycles. The summed E-state index contributed by atoms with van der Waals surface area (Å²) in [6.07, 6.45) is -3.23. The fourth-order valence-electron chi connectivity index (χ4n) is 1.48. The Morgan fingerprint density at radius 3 is 2.59 bits per heavy atom. The molecule has 0 amide bonds. The van der Waals surface area contributed by atoms with Crippen molar-refractivity contribution >= 4 is 13.8 Å². The monoisotopic (exact) mass is 261 g/mol. The zero-order chi connectivity index (χ0) is 13.1. The molecule has 0 aliphatic rings. The van der Waals surface area contributed by atoms with Gasteiger partial charge in [-0.1, -0.05) is 24.3 Å². The van der Waals surface area contributed by atoms with Crippen molar-refractivity contribution in [2.75, 3.05) is 0 Å². The van der Waals surface area contributed by atoms with Gasteiger partial charge in [0.2, 0.25) is 0 Å². The minimum Gasteiger partial charge on any atom is -0.167 e. The van der Waals surface area contributed by atoms with E-state index in [0.29, 0.717) is 11.6 Å². The fraction of sp³-hybridized carbons (Fsp3) is 0.273. The number of rotatable bonds is 4. The van der Waals surface area contributed by atoms with Crippen LogP contribution in [-0.2, 0) is 9.09 Å². The maximum Gasteiger partial charge on any atom is 0.701 e. The topological polar surface area (TPSA) is 46.5 Å². The first-order valence-corrected chi connectivity index (χ1v) is 5.93. The highest BCUT2D eigenvalue weighted by atomic mass is 31.1. The highest BCUT2D eigenvalue weighted by Crippen LogP contribution is 2.32. The summed E-state index contributed by atoms with van der Waals surface area (Å²) in [7, 11) is -3.34. The van der Waals surface area contributed by atoms with Crippen molar-refractivity contribution in [2.45, 2.75) is 20.0 Å². The highest BCUT2D eigenvalue weighted by molar-refractivity contribution is 7.32. The first kappa shape index (κ1) is 13.9. The van der Waals surface area contributed by atoms with Gasteiger partial charge in [-0.2, -0.15) is 8.78 Å². The first-order chi connectivity index (χ1) is 7.82. The molecule has 6 heteroatoms. The van der Waals surface area contributed by atoms with Crippen LogP contribution in [0.15, 0.2) is 30.3 Å². The molecule has 0 aliphatic heterocycles. The lowest BCUT2D eigenvalue weighted by atomic mass is 10.0. The number of hydrogen-bond acceptors (Lipinski definition) is 2. The molecule has 92 valence electrons. The molecule has 0 spiro atoms. The van der Waals surface area contributed by atoms with Gasteiger partial charge in [0.05, 0.1) is 0 Å². The van der Waals surface area contributed by atoms with E-state index in [1.807, 2.05) is 0 Å². The van der Waals surface area contributed by atoms with Crippen LogP contribution in [0.2, 0.25) is 0 Å². The molecular weight excluding hydrogens is 249 g/mol. The second-order valence-corrected chi connectivity index (χ2v) is 4.19. The molecule has 0 heterocycles. The molecule has 0 radical (unpaired) electrons. The summed E-state index contributed by atoms with van der Waals surface area (Å²) in [5.74, 6) is 0. The molecule has 1 atom stereocenters. The van der Waals surface area contributed by atoms with Gasteiger partial charge in [-0.3, -0.25) is 0 Å². The number of benzene rings is 1. The Bertz CT molecular complexity index is 458. The van der Waals surface area contributed by atoms with Gasteiger partial charge in [-0.05, 0) is 35.1 Å². The molecule has 1 aromatic rings. The summed E-state index contributed by atoms with van der Waals surface area (Å²) in [5, 5.41) is 0. The van der Waals surface area contributed by atoms with Gasteiger partial charge >= 0.3 is 14.4 Å². The Morgan fingerprint density at radius 2 is 2.06 bits per heavy atom. The summed E-state index contributed by atoms with van der Waals surface area (Å²) in [6, 6.07) is 7.00. The van der Waals surface area contributed by atoms with Crippen LogP contribution in [0, 0.1) is 6.92 Å². The van der Waals surface area contributed by atoms with Crippen LogP contribution in [0.3, 0.4) is 0 Å². The number of aryl methyl sites for hydroxylation is 1. The van der Waals surface area contributed by atoms with Crippen LogP contribution in [0.5, 0.6) is 0 Å². The SMILES string of the molecule is CC(=CC(F)(F)O[P+](=O)O)c1ccccc1C. The van der Waals surface area contributed by atoms with E-state index < -0.39 is 14.4 Å². The molecule has 0 bridgehead atoms. The van der Waals surface area contributed by atoms with Crippen molar-refractivity contribution < 1.29 is 22.8 Å². The molecule has 1 rings (SSSR count). The van der Waals surface area contributed by atoms with Crippen LogP contribution in [0.1, 0.15) is 18.1 Å². The average Bonchev–Trinajstić information content (AvgIpc) is 2.14. The lowest BCUT2D eigenvalue weighted by Crippen LogP contribution is -2.13. The Labute approximate surface area is 98.7 Å². The molecule has 1 unspecified atom stereocenters. The molecule has 1 N–H and O–H groups in total. The Kier molecular flexibility index (Phi) is 4.46. The minimum atomic E-state index is -3.76. The van der Waals surface area contributed by atoms with E-state index in [1.54, 1.807) is 31.2 Å². The first-order valence-electron chi connectivity index (χ1n) is 4.80. The summed E-state index contributed by atoms with van der Waals surface area (Å²) < 4.78 is 40.0. The van der Waals surface area contributed by atoms with Crippen molar-refractivity contribution in [3.63, 3.8) is 0 Å². The maximum absolute atomic E-state index is 13.1. The largest absolute Gasteiger partial charge is 0.701 e. The van der Waals surface area contributed by atoms with Gasteiger partial charge < -0.3 is 0 Å². The third-order valence-corrected chi connectivity index (χ3v) is 2.55. The van der Waals surface area contributed by atoms with Crippen molar-refractivity contribution in [3.05, 3.63) is 41.5 Å². The quantitative estimate of drug-likeness (QED) is 0.841. The summed E-state index contributed by atoms with van der Waals surface area (Å²) in [4.78, 5) is 8.30. The summed E-state index contributed by atoms with van der Waals surface area (Å²) >= 11 is 0. The van der Waals surface area contributed by atoms with Gasteiger partial charge in [0, 0.05) is 10.6 Å². The van der Waals surface area contributed by atoms with Gasteiger partial charge in [-0.15, -0.1) is 4.89 Å². The molecular formula is C11H12F2O3P+. The smallest absolute Gasteiger partial charge is 0.167 e. The number of alkyl halides is 2. The van der Waals surface area contributed by atoms with Crippen LogP contribution < -0.4 is 0 Å². The van der Waals surface area contributed by atoms with Gasteiger partial charge in [-0.25, -0.2) is 0 Å². The number of allylic oxidation sites excluding steroid dienone is 1. The van der Waals surface area contributed by atoms with E-state index in [9.17, 15) is 13.3 Å². The predicted molar refractivity (Wildman–Crippen MR) is 60.7 cm³/mol. The van der Waals surface area contributed by atoms with E-state index in [1.165, 1.54) is 6.92 Å². The lowest BCUT2D eigenvalue weighted by Gasteiger charge is -2.08. The third-order valence-electron chi connectivity index (χ3n) is 2.15. The van der Waals surface area contributed by atoms with Crippen LogP contribution >= 0.6 is 8.25 Å². The van der Waals surface area contributed by atoms with Gasteiger partial charge in [0.25, 0.3) is 0 Å². The lowest BCUT2D eigenvalue weighted by molar-refractivity contribution is -0.131. The summed E-state index contributed by atoms with van der Waals surface area (Å²) in [6.45, 7) is 3.28. The van der Waals surface area contributed by atoms with E-state index in [4.69, 9.17) is 4.89 Å². The van der Waals surface area contributed by atoms with Crippen molar-refractivity contribution in [2.24, 2.45) is 0 Å². The minimum absolute atomic E-state index is 0.282. The van der Waals surface area contributed by atoms with Crippen LogP contribution in [0.25, 0.3) is 5.57 Å². The second-order valence-electron chi connectivity index (χ2n) is 3.53. The Morgan fingerprint density at radius 1 is 1.47 bits per heavy atom. The molecule has 17 heavy (non-hydrogen) atoms. The zero-order valence-corrected chi connectivity index (χ0v) is 10.2. The van der Waals surface area contributed by atoms with Crippen LogP contribution in [0.4, 0.5) is 8.78 Å². The van der Waals surface area contributed by atoms with E-state index in [2.05, 4.69) is 4.52 Å². The van der Waals surface area contributed by atoms with E-state index in [0.717, 1.165) is 5.56 Å². The maximum atomic E-state index is 13.1. The van der Waals surface area contributed by atoms with Gasteiger partial charge in [0.1, 0.15) is 0 Å². The Hall–Kier alpha value is -1.16. The van der Waals surface area contributed by atoms with E-state index in [-0.39, 0.29) is 5.57 Å². The zero-order valence-electron chi connectivity index (χ0n) is 9.35.